The molecule has 0 aromatic rings. The molecule has 15 heavy (non-hydrogen) atoms. The van der Waals surface area contributed by atoms with Crippen molar-refractivity contribution in [3.05, 3.63) is 0 Å². The summed E-state index contributed by atoms with van der Waals surface area (Å²) in [6.45, 7) is 0.941. The minimum Gasteiger partial charge on any atom is -0.390 e. The topological polar surface area (TPSA) is 29.5 Å². The van der Waals surface area contributed by atoms with E-state index in [0.29, 0.717) is 13.2 Å². The van der Waals surface area contributed by atoms with E-state index < -0.39 is 5.60 Å². The Hall–Kier alpha value is -0.520. The van der Waals surface area contributed by atoms with Gasteiger partial charge in [0.2, 0.25) is 0 Å². The highest BCUT2D eigenvalue weighted by Crippen LogP contribution is 2.28. The van der Waals surface area contributed by atoms with Gasteiger partial charge in [0.1, 0.15) is 6.61 Å². The highest BCUT2D eigenvalue weighted by atomic mass is 16.5. The second kappa shape index (κ2) is 6.87. The van der Waals surface area contributed by atoms with Crippen molar-refractivity contribution in [2.75, 3.05) is 13.2 Å². The third kappa shape index (κ3) is 5.20. The van der Waals surface area contributed by atoms with Crippen LogP contribution < -0.4 is 0 Å². The first-order valence-electron chi connectivity index (χ1n) is 6.00. The van der Waals surface area contributed by atoms with Gasteiger partial charge < -0.3 is 9.84 Å². The lowest BCUT2D eigenvalue weighted by molar-refractivity contribution is -0.0160. The molecule has 1 rings (SSSR count). The number of ether oxygens (including phenoxy) is 1. The summed E-state index contributed by atoms with van der Waals surface area (Å²) in [6, 6.07) is 0. The van der Waals surface area contributed by atoms with Crippen molar-refractivity contribution < 1.29 is 9.84 Å². The van der Waals surface area contributed by atoms with E-state index in [2.05, 4.69) is 5.92 Å². The number of terminal acetylenes is 1. The molecule has 0 aromatic carbocycles. The Kier molecular flexibility index (Phi) is 5.75. The van der Waals surface area contributed by atoms with Crippen LogP contribution in [-0.2, 0) is 4.74 Å². The van der Waals surface area contributed by atoms with Crippen molar-refractivity contribution in [2.45, 2.75) is 57.0 Å². The predicted octanol–water partition coefficient (Wildman–Crippen LogP) is 2.50. The molecule has 0 unspecified atom stereocenters. The number of aliphatic hydroxyl groups is 1. The average Bonchev–Trinajstić information content (AvgIpc) is 2.20. The van der Waals surface area contributed by atoms with Crippen LogP contribution in [0, 0.1) is 12.3 Å². The van der Waals surface area contributed by atoms with Crippen molar-refractivity contribution in [1.29, 1.82) is 0 Å². The molecule has 0 atom stereocenters. The van der Waals surface area contributed by atoms with Gasteiger partial charge in [-0.2, -0.15) is 0 Å². The minimum absolute atomic E-state index is 0.357. The molecule has 0 amide bonds. The smallest absolute Gasteiger partial charge is 0.107 e. The number of hydrogen-bond acceptors (Lipinski definition) is 2. The van der Waals surface area contributed by atoms with E-state index in [4.69, 9.17) is 11.2 Å². The van der Waals surface area contributed by atoms with Crippen LogP contribution in [0.1, 0.15) is 51.4 Å². The van der Waals surface area contributed by atoms with Crippen LogP contribution in [0.25, 0.3) is 0 Å². The molecule has 1 aliphatic carbocycles. The van der Waals surface area contributed by atoms with Crippen molar-refractivity contribution in [3.63, 3.8) is 0 Å². The molecule has 1 N–H and O–H groups in total. The van der Waals surface area contributed by atoms with Gasteiger partial charge in [-0.15, -0.1) is 6.42 Å². The zero-order valence-corrected chi connectivity index (χ0v) is 9.50. The molecular weight excluding hydrogens is 188 g/mol. The molecular formula is C13H22O2. The molecule has 86 valence electrons. The lowest BCUT2D eigenvalue weighted by atomic mass is 9.85. The standard InChI is InChI=1S/C13H22O2/c1-2-11-15-12-10-13(14)8-6-4-3-5-7-9-13/h1,14H,3-12H2. The van der Waals surface area contributed by atoms with Gasteiger partial charge in [-0.3, -0.25) is 0 Å². The molecule has 2 nitrogen and oxygen atoms in total. The predicted molar refractivity (Wildman–Crippen MR) is 61.5 cm³/mol. The monoisotopic (exact) mass is 210 g/mol. The Balaban J connectivity index is 2.24. The third-order valence-corrected chi connectivity index (χ3v) is 3.18. The van der Waals surface area contributed by atoms with Gasteiger partial charge >= 0.3 is 0 Å². The summed E-state index contributed by atoms with van der Waals surface area (Å²) in [5.41, 5.74) is -0.491. The van der Waals surface area contributed by atoms with Crippen LogP contribution in [0.4, 0.5) is 0 Å². The molecule has 1 saturated carbocycles. The van der Waals surface area contributed by atoms with Crippen molar-refractivity contribution in [2.24, 2.45) is 0 Å². The van der Waals surface area contributed by atoms with Gasteiger partial charge in [0.15, 0.2) is 0 Å². The van der Waals surface area contributed by atoms with E-state index in [0.717, 1.165) is 32.1 Å². The second-order valence-corrected chi connectivity index (χ2v) is 4.50. The fourth-order valence-electron chi connectivity index (χ4n) is 2.21. The van der Waals surface area contributed by atoms with E-state index in [1.165, 1.54) is 19.3 Å². The Bertz CT molecular complexity index is 197. The van der Waals surface area contributed by atoms with Crippen LogP contribution in [0.5, 0.6) is 0 Å². The Labute approximate surface area is 93.0 Å². The molecule has 0 aliphatic heterocycles. The van der Waals surface area contributed by atoms with Crippen molar-refractivity contribution in [3.8, 4) is 12.3 Å². The molecule has 1 fully saturated rings. The van der Waals surface area contributed by atoms with Crippen LogP contribution >= 0.6 is 0 Å². The van der Waals surface area contributed by atoms with Crippen molar-refractivity contribution >= 4 is 0 Å². The molecule has 0 heterocycles. The maximum atomic E-state index is 10.3. The van der Waals surface area contributed by atoms with E-state index in [9.17, 15) is 5.11 Å². The lowest BCUT2D eigenvalue weighted by Crippen LogP contribution is -2.31. The van der Waals surface area contributed by atoms with Crippen LogP contribution in [0.2, 0.25) is 0 Å². The summed E-state index contributed by atoms with van der Waals surface area (Å²) in [5.74, 6) is 2.44. The molecule has 0 radical (unpaired) electrons. The first kappa shape index (κ1) is 12.5. The fourth-order valence-corrected chi connectivity index (χ4v) is 2.21. The van der Waals surface area contributed by atoms with Crippen LogP contribution in [0.15, 0.2) is 0 Å². The van der Waals surface area contributed by atoms with E-state index in [-0.39, 0.29) is 0 Å². The first-order chi connectivity index (χ1) is 7.27. The normalized spacial score (nSPS) is 21.3. The van der Waals surface area contributed by atoms with E-state index in [1.807, 2.05) is 0 Å². The van der Waals surface area contributed by atoms with Gasteiger partial charge in [-0.05, 0) is 19.3 Å². The quantitative estimate of drug-likeness (QED) is 0.570. The molecule has 0 bridgehead atoms. The van der Waals surface area contributed by atoms with Gasteiger partial charge in [0, 0.05) is 0 Å². The van der Waals surface area contributed by atoms with Gasteiger partial charge in [-0.1, -0.05) is 38.0 Å². The highest BCUT2D eigenvalue weighted by molar-refractivity contribution is 4.84. The Morgan fingerprint density at radius 1 is 1.13 bits per heavy atom. The highest BCUT2D eigenvalue weighted by Gasteiger charge is 2.26. The SMILES string of the molecule is C#CCOCCC1(O)CCCCCCC1. The minimum atomic E-state index is -0.491. The zero-order valence-electron chi connectivity index (χ0n) is 9.50. The molecule has 0 aromatic heterocycles. The first-order valence-corrected chi connectivity index (χ1v) is 6.00. The number of hydrogen-bond donors (Lipinski definition) is 1. The van der Waals surface area contributed by atoms with Crippen molar-refractivity contribution in [1.82, 2.24) is 0 Å². The second-order valence-electron chi connectivity index (χ2n) is 4.50. The van der Waals surface area contributed by atoms with Crippen LogP contribution in [0.3, 0.4) is 0 Å². The molecule has 0 spiro atoms. The fraction of sp³-hybridized carbons (Fsp3) is 0.846. The molecule has 1 aliphatic rings. The summed E-state index contributed by atoms with van der Waals surface area (Å²) >= 11 is 0. The summed E-state index contributed by atoms with van der Waals surface area (Å²) < 4.78 is 5.23. The third-order valence-electron chi connectivity index (χ3n) is 3.18. The van der Waals surface area contributed by atoms with Gasteiger partial charge in [-0.25, -0.2) is 0 Å². The van der Waals surface area contributed by atoms with E-state index in [1.54, 1.807) is 0 Å². The average molecular weight is 210 g/mol. The maximum absolute atomic E-state index is 10.3. The van der Waals surface area contributed by atoms with Gasteiger partial charge in [0.25, 0.3) is 0 Å². The number of rotatable bonds is 4. The summed E-state index contributed by atoms with van der Waals surface area (Å²) in [4.78, 5) is 0. The largest absolute Gasteiger partial charge is 0.390 e. The van der Waals surface area contributed by atoms with Crippen LogP contribution in [-0.4, -0.2) is 23.9 Å². The Morgan fingerprint density at radius 2 is 1.73 bits per heavy atom. The molecule has 2 heteroatoms. The Morgan fingerprint density at radius 3 is 2.33 bits per heavy atom. The zero-order chi connectivity index (χ0) is 11.0. The lowest BCUT2D eigenvalue weighted by Gasteiger charge is -2.29. The summed E-state index contributed by atoms with van der Waals surface area (Å²) in [5, 5.41) is 10.3. The summed E-state index contributed by atoms with van der Waals surface area (Å²) in [6.07, 6.45) is 13.8. The van der Waals surface area contributed by atoms with Gasteiger partial charge in [0.05, 0.1) is 12.2 Å². The summed E-state index contributed by atoms with van der Waals surface area (Å²) in [7, 11) is 0. The molecule has 0 saturated heterocycles. The van der Waals surface area contributed by atoms with E-state index >= 15 is 0 Å². The maximum Gasteiger partial charge on any atom is 0.107 e.